The fourth-order valence-electron chi connectivity index (χ4n) is 3.04. The smallest absolute Gasteiger partial charge is 0.338 e. The predicted molar refractivity (Wildman–Crippen MR) is 116 cm³/mol. The third kappa shape index (κ3) is 5.84. The van der Waals surface area contributed by atoms with Crippen LogP contribution in [0.3, 0.4) is 0 Å². The first-order valence-electron chi connectivity index (χ1n) is 9.75. The van der Waals surface area contributed by atoms with Crippen molar-refractivity contribution in [1.29, 1.82) is 0 Å². The summed E-state index contributed by atoms with van der Waals surface area (Å²) in [4.78, 5) is 37.3. The Morgan fingerprint density at radius 1 is 1.25 bits per heavy atom. The van der Waals surface area contributed by atoms with Gasteiger partial charge in [0.2, 0.25) is 11.8 Å². The van der Waals surface area contributed by atoms with E-state index in [4.69, 9.17) is 4.42 Å². The van der Waals surface area contributed by atoms with E-state index in [-0.39, 0.29) is 60.7 Å². The summed E-state index contributed by atoms with van der Waals surface area (Å²) in [6.45, 7) is 0.971. The molecule has 2 aromatic heterocycles. The number of thiophene rings is 1. The molecular formula is C20H23N3O7S2. The molecule has 0 aromatic carbocycles. The van der Waals surface area contributed by atoms with Gasteiger partial charge in [-0.15, -0.1) is 11.3 Å². The first-order chi connectivity index (χ1) is 15.3. The summed E-state index contributed by atoms with van der Waals surface area (Å²) in [5, 5.41) is 4.07. The van der Waals surface area contributed by atoms with E-state index in [0.717, 1.165) is 11.3 Å². The molecule has 32 heavy (non-hydrogen) atoms. The van der Waals surface area contributed by atoms with Crippen LogP contribution in [-0.4, -0.2) is 75.2 Å². The maximum Gasteiger partial charge on any atom is 0.338 e. The predicted octanol–water partition coefficient (Wildman–Crippen LogP) is 1.18. The number of rotatable bonds is 8. The molecule has 1 aliphatic heterocycles. The van der Waals surface area contributed by atoms with Gasteiger partial charge >= 0.3 is 5.97 Å². The zero-order valence-corrected chi connectivity index (χ0v) is 19.0. The van der Waals surface area contributed by atoms with Crippen molar-refractivity contribution in [3.8, 4) is 0 Å². The van der Waals surface area contributed by atoms with Crippen LogP contribution >= 0.6 is 11.3 Å². The van der Waals surface area contributed by atoms with Gasteiger partial charge in [0, 0.05) is 50.6 Å². The van der Waals surface area contributed by atoms with E-state index in [1.54, 1.807) is 17.0 Å². The summed E-state index contributed by atoms with van der Waals surface area (Å²) in [6.07, 6.45) is 4.46. The summed E-state index contributed by atoms with van der Waals surface area (Å²) in [5.41, 5.74) is 0.186. The molecule has 0 aliphatic carbocycles. The average molecular weight is 482 g/mol. The Morgan fingerprint density at radius 3 is 2.66 bits per heavy atom. The van der Waals surface area contributed by atoms with E-state index in [1.165, 1.54) is 41.3 Å². The van der Waals surface area contributed by atoms with Crippen molar-refractivity contribution < 1.29 is 32.0 Å². The molecule has 3 rings (SSSR count). The lowest BCUT2D eigenvalue weighted by molar-refractivity contribution is -0.132. The minimum Gasteiger partial charge on any atom is -0.465 e. The molecule has 1 aliphatic rings. The molecule has 1 fully saturated rings. The lowest BCUT2D eigenvalue weighted by atomic mass is 10.3. The van der Waals surface area contributed by atoms with Crippen LogP contribution in [0.4, 0.5) is 0 Å². The number of methoxy groups -OCH3 is 1. The molecule has 0 spiro atoms. The van der Waals surface area contributed by atoms with Crippen molar-refractivity contribution in [3.05, 3.63) is 47.2 Å². The molecule has 2 amide bonds. The van der Waals surface area contributed by atoms with Crippen molar-refractivity contribution in [2.45, 2.75) is 10.6 Å². The van der Waals surface area contributed by atoms with Gasteiger partial charge in [0.25, 0.3) is 10.0 Å². The van der Waals surface area contributed by atoms with Crippen molar-refractivity contribution in [1.82, 2.24) is 14.5 Å². The second-order valence-electron chi connectivity index (χ2n) is 6.82. The number of piperazine rings is 1. The standard InChI is InChI=1S/C20H23N3O7S2/c1-29-20(26)15-13-19(31-14-15)32(27,28)23-10-8-22(9-11-23)18(25)6-7-21-17(24)5-4-16-3-2-12-30-16/h2-5,12-14H,6-11H2,1H3,(H,21,24)/b5-4+. The maximum atomic E-state index is 12.8. The number of sulfonamides is 1. The Bertz CT molecular complexity index is 1080. The van der Waals surface area contributed by atoms with E-state index in [2.05, 4.69) is 10.1 Å². The Morgan fingerprint density at radius 2 is 2.00 bits per heavy atom. The Balaban J connectivity index is 1.44. The highest BCUT2D eigenvalue weighted by atomic mass is 32.2. The lowest BCUT2D eigenvalue weighted by Crippen LogP contribution is -2.50. The van der Waals surface area contributed by atoms with Crippen LogP contribution in [0.5, 0.6) is 0 Å². The second kappa shape index (κ2) is 10.6. The SMILES string of the molecule is COC(=O)c1csc(S(=O)(=O)N2CCN(C(=O)CCNC(=O)/C=C/c3ccco3)CC2)c1. The summed E-state index contributed by atoms with van der Waals surface area (Å²) in [7, 11) is -2.52. The van der Waals surface area contributed by atoms with Gasteiger partial charge in [-0.25, -0.2) is 13.2 Å². The molecule has 0 unspecified atom stereocenters. The number of furan rings is 1. The highest BCUT2D eigenvalue weighted by molar-refractivity contribution is 7.91. The van der Waals surface area contributed by atoms with Crippen molar-refractivity contribution in [2.24, 2.45) is 0 Å². The largest absolute Gasteiger partial charge is 0.465 e. The number of hydrogen-bond acceptors (Lipinski definition) is 8. The monoisotopic (exact) mass is 481 g/mol. The molecule has 172 valence electrons. The minimum atomic E-state index is -3.75. The lowest BCUT2D eigenvalue weighted by Gasteiger charge is -2.33. The molecule has 1 saturated heterocycles. The van der Waals surface area contributed by atoms with E-state index in [1.807, 2.05) is 0 Å². The fraction of sp³-hybridized carbons (Fsp3) is 0.350. The van der Waals surface area contributed by atoms with Crippen molar-refractivity contribution >= 4 is 45.2 Å². The van der Waals surface area contributed by atoms with Crippen LogP contribution in [0.1, 0.15) is 22.5 Å². The Hall–Kier alpha value is -2.96. The number of nitrogens with zero attached hydrogens (tertiary/aromatic N) is 2. The number of nitrogens with one attached hydrogen (secondary N) is 1. The van der Waals surface area contributed by atoms with Crippen LogP contribution in [-0.2, 0) is 24.3 Å². The number of hydrogen-bond donors (Lipinski definition) is 1. The highest BCUT2D eigenvalue weighted by Crippen LogP contribution is 2.25. The van der Waals surface area contributed by atoms with Gasteiger partial charge in [0.15, 0.2) is 0 Å². The summed E-state index contributed by atoms with van der Waals surface area (Å²) < 4.78 is 36.7. The molecule has 2 aromatic rings. The van der Waals surface area contributed by atoms with Gasteiger partial charge in [-0.05, 0) is 24.3 Å². The Labute approximate surface area is 189 Å². The molecule has 0 bridgehead atoms. The van der Waals surface area contributed by atoms with Gasteiger partial charge in [-0.2, -0.15) is 4.31 Å². The topological polar surface area (TPSA) is 126 Å². The molecule has 0 radical (unpaired) electrons. The average Bonchev–Trinajstić information content (AvgIpc) is 3.50. The number of ether oxygens (including phenoxy) is 1. The van der Waals surface area contributed by atoms with Gasteiger partial charge < -0.3 is 19.4 Å². The molecule has 3 heterocycles. The quantitative estimate of drug-likeness (QED) is 0.443. The van der Waals surface area contributed by atoms with E-state index < -0.39 is 16.0 Å². The molecule has 0 atom stereocenters. The first-order valence-corrected chi connectivity index (χ1v) is 12.1. The third-order valence-corrected chi connectivity index (χ3v) is 8.08. The van der Waals surface area contributed by atoms with Crippen molar-refractivity contribution in [2.75, 3.05) is 39.8 Å². The van der Waals surface area contributed by atoms with Crippen molar-refractivity contribution in [3.63, 3.8) is 0 Å². The highest BCUT2D eigenvalue weighted by Gasteiger charge is 2.31. The van der Waals surface area contributed by atoms with E-state index in [9.17, 15) is 22.8 Å². The van der Waals surface area contributed by atoms with Crippen LogP contribution in [0.25, 0.3) is 6.08 Å². The van der Waals surface area contributed by atoms with Gasteiger partial charge in [0.05, 0.1) is 18.9 Å². The van der Waals surface area contributed by atoms with Gasteiger partial charge in [-0.1, -0.05) is 0 Å². The van der Waals surface area contributed by atoms with Crippen LogP contribution in [0, 0.1) is 0 Å². The molecule has 10 nitrogen and oxygen atoms in total. The Kier molecular flexibility index (Phi) is 7.83. The molecule has 1 N–H and O–H groups in total. The van der Waals surface area contributed by atoms with Crippen LogP contribution in [0.15, 0.2) is 44.5 Å². The van der Waals surface area contributed by atoms with Crippen LogP contribution in [0.2, 0.25) is 0 Å². The maximum absolute atomic E-state index is 12.8. The van der Waals surface area contributed by atoms with E-state index in [0.29, 0.717) is 5.76 Å². The zero-order valence-electron chi connectivity index (χ0n) is 17.4. The number of carbonyl (C=O) groups is 3. The zero-order chi connectivity index (χ0) is 23.1. The van der Waals surface area contributed by atoms with Crippen LogP contribution < -0.4 is 5.32 Å². The number of esters is 1. The summed E-state index contributed by atoms with van der Waals surface area (Å²) in [5.74, 6) is -0.552. The second-order valence-corrected chi connectivity index (χ2v) is 9.90. The fourth-order valence-corrected chi connectivity index (χ4v) is 5.76. The first kappa shape index (κ1) is 23.7. The number of amides is 2. The molecule has 0 saturated carbocycles. The van der Waals surface area contributed by atoms with E-state index >= 15 is 0 Å². The van der Waals surface area contributed by atoms with Gasteiger partial charge in [0.1, 0.15) is 9.97 Å². The number of carbonyl (C=O) groups excluding carboxylic acids is 3. The normalized spacial score (nSPS) is 15.1. The van der Waals surface area contributed by atoms with Gasteiger partial charge in [-0.3, -0.25) is 9.59 Å². The third-order valence-electron chi connectivity index (χ3n) is 4.76. The molecule has 12 heteroatoms. The summed E-state index contributed by atoms with van der Waals surface area (Å²) >= 11 is 0.955. The summed E-state index contributed by atoms with van der Waals surface area (Å²) in [6, 6.07) is 4.72. The molecular weight excluding hydrogens is 458 g/mol. The minimum absolute atomic E-state index is 0.0583.